The van der Waals surface area contributed by atoms with Crippen molar-refractivity contribution in [1.82, 2.24) is 5.32 Å². The Labute approximate surface area is 119 Å². The van der Waals surface area contributed by atoms with Crippen LogP contribution in [0.25, 0.3) is 0 Å². The number of amides is 1. The molecule has 0 aliphatic carbocycles. The van der Waals surface area contributed by atoms with Gasteiger partial charge in [0.2, 0.25) is 0 Å². The molecule has 1 N–H and O–H groups in total. The monoisotopic (exact) mass is 273 g/mol. The Balaban J connectivity index is 2.16. The Bertz CT molecular complexity index is 478. The van der Waals surface area contributed by atoms with E-state index in [4.69, 9.17) is 4.74 Å². The molecule has 106 valence electrons. The summed E-state index contributed by atoms with van der Waals surface area (Å²) in [6, 6.07) is 9.85. The minimum Gasteiger partial charge on any atom is -0.452 e. The molecule has 0 aliphatic heterocycles. The van der Waals surface area contributed by atoms with Crippen molar-refractivity contribution in [3.05, 3.63) is 60.2 Å². The fraction of sp³-hybridized carbons (Fsp3) is 0.250. The van der Waals surface area contributed by atoms with Crippen LogP contribution in [0.15, 0.2) is 54.6 Å². The molecule has 1 amide bonds. The summed E-state index contributed by atoms with van der Waals surface area (Å²) in [5.41, 5.74) is 1.15. The number of nitrogens with one attached hydrogen (secondary N) is 1. The highest BCUT2D eigenvalue weighted by Gasteiger charge is 2.04. The summed E-state index contributed by atoms with van der Waals surface area (Å²) in [6.07, 6.45) is 7.09. The Morgan fingerprint density at radius 3 is 2.65 bits per heavy atom. The van der Waals surface area contributed by atoms with Crippen molar-refractivity contribution in [2.24, 2.45) is 0 Å². The lowest BCUT2D eigenvalue weighted by Crippen LogP contribution is -2.30. The summed E-state index contributed by atoms with van der Waals surface area (Å²) in [4.78, 5) is 22.6. The number of hydrogen-bond acceptors (Lipinski definition) is 3. The molecule has 0 atom stereocenters. The molecule has 0 aliphatic rings. The molecule has 0 fully saturated rings. The first-order valence-corrected chi connectivity index (χ1v) is 6.49. The maximum atomic E-state index is 11.4. The van der Waals surface area contributed by atoms with Crippen molar-refractivity contribution in [1.29, 1.82) is 0 Å². The lowest BCUT2D eigenvalue weighted by molar-refractivity contribution is -0.143. The standard InChI is InChI=1S/C16H19NO3/c1-2-3-5-10-16(19)20-13-15(18)17-12-11-14-8-6-4-7-9-14/h2-10H,11-13H2,1H3,(H,17,18)/b3-2+,10-5+. The fourth-order valence-corrected chi connectivity index (χ4v) is 1.47. The van der Waals surface area contributed by atoms with E-state index in [-0.39, 0.29) is 12.5 Å². The second-order valence-electron chi connectivity index (χ2n) is 4.08. The number of rotatable bonds is 7. The van der Waals surface area contributed by atoms with E-state index < -0.39 is 5.97 Å². The van der Waals surface area contributed by atoms with Crippen LogP contribution in [0.4, 0.5) is 0 Å². The van der Waals surface area contributed by atoms with E-state index in [1.165, 1.54) is 6.08 Å². The van der Waals surface area contributed by atoms with Crippen LogP contribution >= 0.6 is 0 Å². The van der Waals surface area contributed by atoms with Gasteiger partial charge in [-0.15, -0.1) is 0 Å². The van der Waals surface area contributed by atoms with Gasteiger partial charge in [0.15, 0.2) is 6.61 Å². The molecule has 4 heteroatoms. The summed E-state index contributed by atoms with van der Waals surface area (Å²) in [7, 11) is 0. The van der Waals surface area contributed by atoms with Crippen LogP contribution in [0.3, 0.4) is 0 Å². The average Bonchev–Trinajstić information content (AvgIpc) is 2.46. The Morgan fingerprint density at radius 2 is 1.95 bits per heavy atom. The molecule has 0 spiro atoms. The zero-order valence-electron chi connectivity index (χ0n) is 11.5. The van der Waals surface area contributed by atoms with Crippen LogP contribution in [0.1, 0.15) is 12.5 Å². The predicted octanol–water partition coefficient (Wildman–Crippen LogP) is 2.02. The number of carbonyl (C=O) groups excluding carboxylic acids is 2. The minimum absolute atomic E-state index is 0.256. The highest BCUT2D eigenvalue weighted by atomic mass is 16.5. The summed E-state index contributed by atoms with van der Waals surface area (Å²) < 4.78 is 4.78. The van der Waals surface area contributed by atoms with Gasteiger partial charge in [-0.3, -0.25) is 4.79 Å². The summed E-state index contributed by atoms with van der Waals surface area (Å²) >= 11 is 0. The molecule has 20 heavy (non-hydrogen) atoms. The highest BCUT2D eigenvalue weighted by Crippen LogP contribution is 1.97. The highest BCUT2D eigenvalue weighted by molar-refractivity contribution is 5.85. The predicted molar refractivity (Wildman–Crippen MR) is 78.1 cm³/mol. The van der Waals surface area contributed by atoms with Gasteiger partial charge in [-0.2, -0.15) is 0 Å². The maximum absolute atomic E-state index is 11.4. The third kappa shape index (κ3) is 7.16. The average molecular weight is 273 g/mol. The number of ether oxygens (including phenoxy) is 1. The second-order valence-corrected chi connectivity index (χ2v) is 4.08. The van der Waals surface area contributed by atoms with Crippen LogP contribution < -0.4 is 5.32 Å². The van der Waals surface area contributed by atoms with Gasteiger partial charge in [0.1, 0.15) is 0 Å². The first kappa shape index (κ1) is 15.7. The van der Waals surface area contributed by atoms with Crippen molar-refractivity contribution in [3.63, 3.8) is 0 Å². The number of allylic oxidation sites excluding steroid dienone is 3. The topological polar surface area (TPSA) is 55.4 Å². The zero-order chi connectivity index (χ0) is 14.6. The Morgan fingerprint density at radius 1 is 1.20 bits per heavy atom. The number of hydrogen-bond donors (Lipinski definition) is 1. The van der Waals surface area contributed by atoms with E-state index in [0.29, 0.717) is 6.54 Å². The minimum atomic E-state index is -0.527. The van der Waals surface area contributed by atoms with E-state index >= 15 is 0 Å². The first-order valence-electron chi connectivity index (χ1n) is 6.49. The first-order chi connectivity index (χ1) is 9.72. The van der Waals surface area contributed by atoms with Crippen LogP contribution in [0, 0.1) is 0 Å². The van der Waals surface area contributed by atoms with Crippen molar-refractivity contribution >= 4 is 11.9 Å². The molecule has 1 aromatic rings. The molecule has 0 radical (unpaired) electrons. The molecule has 1 rings (SSSR count). The van der Waals surface area contributed by atoms with Gasteiger partial charge >= 0.3 is 5.97 Å². The SMILES string of the molecule is C/C=C/C=C/C(=O)OCC(=O)NCCc1ccccc1. The summed E-state index contributed by atoms with van der Waals surface area (Å²) in [5, 5.41) is 2.70. The number of benzene rings is 1. The number of carbonyl (C=O) groups is 2. The van der Waals surface area contributed by atoms with E-state index in [9.17, 15) is 9.59 Å². The molecule has 0 saturated carbocycles. The quantitative estimate of drug-likeness (QED) is 0.470. The maximum Gasteiger partial charge on any atom is 0.331 e. The Kier molecular flexibility index (Phi) is 7.50. The molecule has 0 saturated heterocycles. The summed E-state index contributed by atoms with van der Waals surface area (Å²) in [6.45, 7) is 2.11. The van der Waals surface area contributed by atoms with Gasteiger partial charge < -0.3 is 10.1 Å². The number of esters is 1. The van der Waals surface area contributed by atoms with Gasteiger partial charge in [0.25, 0.3) is 5.91 Å². The molecule has 0 bridgehead atoms. The lowest BCUT2D eigenvalue weighted by atomic mass is 10.1. The third-order valence-electron chi connectivity index (χ3n) is 2.46. The van der Waals surface area contributed by atoms with Crippen LogP contribution in [-0.2, 0) is 20.7 Å². The van der Waals surface area contributed by atoms with Crippen LogP contribution in [0.2, 0.25) is 0 Å². The molecule has 0 heterocycles. The summed E-state index contributed by atoms with van der Waals surface area (Å²) in [5.74, 6) is -0.824. The third-order valence-corrected chi connectivity index (χ3v) is 2.46. The fourth-order valence-electron chi connectivity index (χ4n) is 1.47. The molecular weight excluding hydrogens is 254 g/mol. The molecular formula is C16H19NO3. The molecule has 1 aromatic carbocycles. The van der Waals surface area contributed by atoms with Crippen LogP contribution in [-0.4, -0.2) is 25.0 Å². The molecule has 0 unspecified atom stereocenters. The van der Waals surface area contributed by atoms with Gasteiger partial charge in [0, 0.05) is 12.6 Å². The normalized spacial score (nSPS) is 10.8. The van der Waals surface area contributed by atoms with E-state index in [1.54, 1.807) is 18.2 Å². The second kappa shape index (κ2) is 9.55. The lowest BCUT2D eigenvalue weighted by Gasteiger charge is -2.05. The van der Waals surface area contributed by atoms with Crippen molar-refractivity contribution in [2.75, 3.05) is 13.2 Å². The molecule has 4 nitrogen and oxygen atoms in total. The van der Waals surface area contributed by atoms with Crippen molar-refractivity contribution in [2.45, 2.75) is 13.3 Å². The van der Waals surface area contributed by atoms with Gasteiger partial charge in [0.05, 0.1) is 0 Å². The largest absolute Gasteiger partial charge is 0.452 e. The van der Waals surface area contributed by atoms with Gasteiger partial charge in [-0.1, -0.05) is 48.6 Å². The van der Waals surface area contributed by atoms with Gasteiger partial charge in [-0.25, -0.2) is 4.79 Å². The molecule has 0 aromatic heterocycles. The smallest absolute Gasteiger partial charge is 0.331 e. The van der Waals surface area contributed by atoms with Crippen molar-refractivity contribution in [3.8, 4) is 0 Å². The van der Waals surface area contributed by atoms with Gasteiger partial charge in [-0.05, 0) is 18.9 Å². The van der Waals surface area contributed by atoms with E-state index in [1.807, 2.05) is 37.3 Å². The van der Waals surface area contributed by atoms with E-state index in [2.05, 4.69) is 5.32 Å². The van der Waals surface area contributed by atoms with Crippen molar-refractivity contribution < 1.29 is 14.3 Å². The van der Waals surface area contributed by atoms with E-state index in [0.717, 1.165) is 12.0 Å². The Hall–Kier alpha value is -2.36. The zero-order valence-corrected chi connectivity index (χ0v) is 11.5. The van der Waals surface area contributed by atoms with Crippen LogP contribution in [0.5, 0.6) is 0 Å².